The lowest BCUT2D eigenvalue weighted by Gasteiger charge is -2.06. The summed E-state index contributed by atoms with van der Waals surface area (Å²) in [6.45, 7) is 2.95. The predicted octanol–water partition coefficient (Wildman–Crippen LogP) is 2.18. The Morgan fingerprint density at radius 1 is 1.32 bits per heavy atom. The van der Waals surface area contributed by atoms with Crippen LogP contribution < -0.4 is 5.69 Å². The van der Waals surface area contributed by atoms with E-state index in [9.17, 15) is 9.59 Å². The number of benzene rings is 1. The van der Waals surface area contributed by atoms with Crippen LogP contribution in [0.15, 0.2) is 39.9 Å². The lowest BCUT2D eigenvalue weighted by Crippen LogP contribution is -2.23. The van der Waals surface area contributed by atoms with Gasteiger partial charge in [0, 0.05) is 23.4 Å². The Bertz CT molecular complexity index is 673. The largest absolute Gasteiger partial charge is 0.478 e. The van der Waals surface area contributed by atoms with Crippen LogP contribution in [-0.4, -0.2) is 20.2 Å². The van der Waals surface area contributed by atoms with Crippen molar-refractivity contribution in [1.82, 2.24) is 9.13 Å². The summed E-state index contributed by atoms with van der Waals surface area (Å²) in [4.78, 5) is 22.7. The van der Waals surface area contributed by atoms with Crippen molar-refractivity contribution in [2.75, 3.05) is 0 Å². The van der Waals surface area contributed by atoms with Gasteiger partial charge in [-0.25, -0.2) is 9.59 Å². The van der Waals surface area contributed by atoms with Crippen molar-refractivity contribution >= 4 is 21.9 Å². The number of carboxylic acid groups (broad SMARTS) is 1. The third-order valence-corrected chi connectivity index (χ3v) is 3.64. The predicted molar refractivity (Wildman–Crippen MR) is 74.6 cm³/mol. The number of rotatable bonds is 4. The van der Waals surface area contributed by atoms with Crippen LogP contribution in [0.3, 0.4) is 0 Å². The highest BCUT2D eigenvalue weighted by Gasteiger charge is 2.09. The van der Waals surface area contributed by atoms with Crippen LogP contribution >= 0.6 is 15.9 Å². The minimum Gasteiger partial charge on any atom is -0.478 e. The molecule has 0 unspecified atom stereocenters. The van der Waals surface area contributed by atoms with Crippen LogP contribution in [0.2, 0.25) is 0 Å². The highest BCUT2D eigenvalue weighted by molar-refractivity contribution is 9.10. The third kappa shape index (κ3) is 2.78. The molecule has 0 fully saturated rings. The van der Waals surface area contributed by atoms with Gasteiger partial charge in [-0.2, -0.15) is 0 Å². The molecule has 1 aromatic carbocycles. The molecule has 0 aliphatic carbocycles. The second-order valence-electron chi connectivity index (χ2n) is 4.11. The van der Waals surface area contributed by atoms with Gasteiger partial charge >= 0.3 is 11.7 Å². The number of hydrogen-bond acceptors (Lipinski definition) is 2. The number of aromatic nitrogens is 2. The molecule has 1 aromatic heterocycles. The van der Waals surface area contributed by atoms with Crippen LogP contribution in [-0.2, 0) is 13.1 Å². The molecule has 5 nitrogen and oxygen atoms in total. The maximum atomic E-state index is 11.9. The maximum Gasteiger partial charge on any atom is 0.335 e. The molecule has 1 heterocycles. The van der Waals surface area contributed by atoms with E-state index in [-0.39, 0.29) is 11.3 Å². The first-order valence-electron chi connectivity index (χ1n) is 5.80. The average Bonchev–Trinajstić information content (AvgIpc) is 2.72. The molecule has 0 saturated heterocycles. The van der Waals surface area contributed by atoms with E-state index in [0.717, 1.165) is 5.56 Å². The van der Waals surface area contributed by atoms with E-state index in [0.29, 0.717) is 17.6 Å². The molecule has 0 aliphatic rings. The first kappa shape index (κ1) is 13.6. The van der Waals surface area contributed by atoms with Crippen molar-refractivity contribution in [1.29, 1.82) is 0 Å². The van der Waals surface area contributed by atoms with Crippen molar-refractivity contribution in [2.24, 2.45) is 0 Å². The van der Waals surface area contributed by atoms with E-state index < -0.39 is 5.97 Å². The van der Waals surface area contributed by atoms with Gasteiger partial charge in [0.05, 0.1) is 12.1 Å². The summed E-state index contributed by atoms with van der Waals surface area (Å²) in [5.41, 5.74) is 1.01. The zero-order valence-corrected chi connectivity index (χ0v) is 11.9. The zero-order chi connectivity index (χ0) is 14.0. The molecule has 2 aromatic rings. The minimum absolute atomic E-state index is 0.0725. The van der Waals surface area contributed by atoms with E-state index in [4.69, 9.17) is 5.11 Å². The number of aryl methyl sites for hydroxylation is 1. The lowest BCUT2D eigenvalue weighted by molar-refractivity contribution is 0.0697. The van der Waals surface area contributed by atoms with Crippen LogP contribution in [0.4, 0.5) is 0 Å². The first-order valence-corrected chi connectivity index (χ1v) is 6.59. The highest BCUT2D eigenvalue weighted by Crippen LogP contribution is 2.19. The Labute approximate surface area is 118 Å². The maximum absolute atomic E-state index is 11.9. The molecule has 19 heavy (non-hydrogen) atoms. The lowest BCUT2D eigenvalue weighted by atomic mass is 10.1. The summed E-state index contributed by atoms with van der Waals surface area (Å²) in [5.74, 6) is -0.971. The molecular formula is C13H13BrN2O3. The number of imidazole rings is 1. The number of carboxylic acids is 1. The Morgan fingerprint density at radius 3 is 2.53 bits per heavy atom. The number of hydrogen-bond donors (Lipinski definition) is 1. The van der Waals surface area contributed by atoms with Crippen LogP contribution in [0.25, 0.3) is 0 Å². The van der Waals surface area contributed by atoms with Gasteiger partial charge in [-0.15, -0.1) is 0 Å². The van der Waals surface area contributed by atoms with Crippen molar-refractivity contribution in [3.05, 3.63) is 56.7 Å². The molecule has 1 N–H and O–H groups in total. The summed E-state index contributed by atoms with van der Waals surface area (Å²) in [6, 6.07) is 4.78. The fraction of sp³-hybridized carbons (Fsp3) is 0.231. The van der Waals surface area contributed by atoms with Crippen LogP contribution in [0, 0.1) is 0 Å². The van der Waals surface area contributed by atoms with Gasteiger partial charge < -0.3 is 5.11 Å². The first-order chi connectivity index (χ1) is 9.02. The molecule has 0 amide bonds. The Kier molecular flexibility index (Phi) is 3.90. The van der Waals surface area contributed by atoms with E-state index in [1.54, 1.807) is 33.7 Å². The highest BCUT2D eigenvalue weighted by atomic mass is 79.9. The molecule has 0 atom stereocenters. The fourth-order valence-electron chi connectivity index (χ4n) is 1.81. The fourth-order valence-corrected chi connectivity index (χ4v) is 2.31. The van der Waals surface area contributed by atoms with E-state index in [2.05, 4.69) is 15.9 Å². The number of carbonyl (C=O) groups is 1. The second kappa shape index (κ2) is 5.44. The smallest absolute Gasteiger partial charge is 0.335 e. The third-order valence-electron chi connectivity index (χ3n) is 2.90. The summed E-state index contributed by atoms with van der Waals surface area (Å²) < 4.78 is 3.88. The standard InChI is InChI=1S/C13H13BrN2O3/c1-2-15-5-6-16(13(15)19)8-10-4-3-9(12(17)18)7-11(10)14/h3-7H,2,8H2,1H3,(H,17,18). The summed E-state index contributed by atoms with van der Waals surface area (Å²) in [6.07, 6.45) is 3.46. The van der Waals surface area contributed by atoms with Crippen LogP contribution in [0.1, 0.15) is 22.8 Å². The van der Waals surface area contributed by atoms with Gasteiger partial charge in [0.25, 0.3) is 0 Å². The van der Waals surface area contributed by atoms with Gasteiger partial charge in [-0.1, -0.05) is 22.0 Å². The molecule has 0 bridgehead atoms. The second-order valence-corrected chi connectivity index (χ2v) is 4.96. The molecular weight excluding hydrogens is 312 g/mol. The van der Waals surface area contributed by atoms with Gasteiger partial charge in [0.2, 0.25) is 0 Å². The topological polar surface area (TPSA) is 64.2 Å². The number of aromatic carboxylic acids is 1. The molecule has 100 valence electrons. The number of halogens is 1. The SMILES string of the molecule is CCn1ccn(Cc2ccc(C(=O)O)cc2Br)c1=O. The molecule has 0 saturated carbocycles. The molecule has 6 heteroatoms. The van der Waals surface area contributed by atoms with Gasteiger partial charge in [0.1, 0.15) is 0 Å². The molecule has 0 aliphatic heterocycles. The average molecular weight is 325 g/mol. The number of nitrogens with zero attached hydrogens (tertiary/aromatic N) is 2. The summed E-state index contributed by atoms with van der Waals surface area (Å²) in [5, 5.41) is 8.89. The van der Waals surface area contributed by atoms with Gasteiger partial charge in [-0.05, 0) is 24.6 Å². The van der Waals surface area contributed by atoms with Crippen molar-refractivity contribution < 1.29 is 9.90 Å². The molecule has 0 spiro atoms. The quantitative estimate of drug-likeness (QED) is 0.937. The monoisotopic (exact) mass is 324 g/mol. The van der Waals surface area contributed by atoms with Crippen molar-refractivity contribution in [3.8, 4) is 0 Å². The minimum atomic E-state index is -0.971. The van der Waals surface area contributed by atoms with Crippen molar-refractivity contribution in [3.63, 3.8) is 0 Å². The Balaban J connectivity index is 2.31. The Morgan fingerprint density at radius 2 is 2.00 bits per heavy atom. The normalized spacial score (nSPS) is 10.6. The van der Waals surface area contributed by atoms with Crippen LogP contribution in [0.5, 0.6) is 0 Å². The van der Waals surface area contributed by atoms with Crippen molar-refractivity contribution in [2.45, 2.75) is 20.0 Å². The van der Waals surface area contributed by atoms with Gasteiger partial charge in [-0.3, -0.25) is 9.13 Å². The molecule has 0 radical (unpaired) electrons. The van der Waals surface area contributed by atoms with E-state index >= 15 is 0 Å². The van der Waals surface area contributed by atoms with Gasteiger partial charge in [0.15, 0.2) is 0 Å². The summed E-state index contributed by atoms with van der Waals surface area (Å²) in [7, 11) is 0. The Hall–Kier alpha value is -1.82. The molecule has 2 rings (SSSR count). The summed E-state index contributed by atoms with van der Waals surface area (Å²) >= 11 is 3.34. The van der Waals surface area contributed by atoms with E-state index in [1.807, 2.05) is 6.92 Å². The zero-order valence-electron chi connectivity index (χ0n) is 10.3. The van der Waals surface area contributed by atoms with E-state index in [1.165, 1.54) is 6.07 Å².